The van der Waals surface area contributed by atoms with Gasteiger partial charge in [0.15, 0.2) is 11.7 Å². The van der Waals surface area contributed by atoms with Crippen LogP contribution in [0.2, 0.25) is 0 Å². The Labute approximate surface area is 83.9 Å². The standard InChI is InChI=1S/C8H19N5O/c1-12-5-7(14)6(9)3-2-4-13-8(10)11/h6,12H,2-5,9H2,1H3,(H4,10,11,13)/t6-/m0/s1. The van der Waals surface area contributed by atoms with Crippen molar-refractivity contribution in [3.05, 3.63) is 0 Å². The van der Waals surface area contributed by atoms with Gasteiger partial charge in [-0.25, -0.2) is 0 Å². The van der Waals surface area contributed by atoms with Gasteiger partial charge in [0.25, 0.3) is 0 Å². The molecule has 0 fully saturated rings. The predicted molar refractivity (Wildman–Crippen MR) is 56.8 cm³/mol. The number of Topliss-reactive ketones (excluding diaryl/α,β-unsaturated/α-hetero) is 1. The van der Waals surface area contributed by atoms with E-state index in [0.717, 1.165) is 0 Å². The second-order valence-electron chi connectivity index (χ2n) is 3.05. The van der Waals surface area contributed by atoms with E-state index in [4.69, 9.17) is 17.2 Å². The van der Waals surface area contributed by atoms with Crippen molar-refractivity contribution < 1.29 is 4.79 Å². The Kier molecular flexibility index (Phi) is 6.69. The van der Waals surface area contributed by atoms with Gasteiger partial charge in [0.05, 0.1) is 12.6 Å². The lowest BCUT2D eigenvalue weighted by atomic mass is 10.1. The fourth-order valence-electron chi connectivity index (χ4n) is 0.986. The minimum atomic E-state index is -0.420. The Morgan fingerprint density at radius 2 is 2.14 bits per heavy atom. The number of likely N-dealkylation sites (N-methyl/N-ethyl adjacent to an activating group) is 1. The lowest BCUT2D eigenvalue weighted by Gasteiger charge is -2.08. The number of carbonyl (C=O) groups excluding carboxylic acids is 1. The van der Waals surface area contributed by atoms with E-state index in [2.05, 4.69) is 10.3 Å². The molecular weight excluding hydrogens is 182 g/mol. The highest BCUT2D eigenvalue weighted by atomic mass is 16.1. The summed E-state index contributed by atoms with van der Waals surface area (Å²) >= 11 is 0. The number of ketones is 1. The quantitative estimate of drug-likeness (QED) is 0.219. The molecule has 0 aliphatic heterocycles. The molecule has 0 bridgehead atoms. The van der Waals surface area contributed by atoms with Crippen LogP contribution in [0.3, 0.4) is 0 Å². The Morgan fingerprint density at radius 3 is 2.64 bits per heavy atom. The molecule has 6 nitrogen and oxygen atoms in total. The van der Waals surface area contributed by atoms with E-state index >= 15 is 0 Å². The highest BCUT2D eigenvalue weighted by Crippen LogP contribution is 1.95. The average molecular weight is 201 g/mol. The first-order valence-electron chi connectivity index (χ1n) is 4.56. The summed E-state index contributed by atoms with van der Waals surface area (Å²) in [5, 5.41) is 2.76. The van der Waals surface area contributed by atoms with Crippen molar-refractivity contribution in [2.24, 2.45) is 22.2 Å². The third-order valence-corrected chi connectivity index (χ3v) is 1.73. The maximum absolute atomic E-state index is 11.2. The Bertz CT molecular complexity index is 200. The number of carbonyl (C=O) groups is 1. The maximum atomic E-state index is 11.2. The van der Waals surface area contributed by atoms with E-state index in [1.807, 2.05) is 0 Å². The lowest BCUT2D eigenvalue weighted by molar-refractivity contribution is -0.119. The minimum Gasteiger partial charge on any atom is -0.370 e. The zero-order valence-electron chi connectivity index (χ0n) is 8.49. The van der Waals surface area contributed by atoms with Gasteiger partial charge in [-0.2, -0.15) is 0 Å². The van der Waals surface area contributed by atoms with Crippen LogP contribution in [0.4, 0.5) is 0 Å². The van der Waals surface area contributed by atoms with Crippen LogP contribution in [0, 0.1) is 0 Å². The first-order chi connectivity index (χ1) is 6.57. The van der Waals surface area contributed by atoms with E-state index in [-0.39, 0.29) is 11.7 Å². The second kappa shape index (κ2) is 7.28. The molecule has 82 valence electrons. The van der Waals surface area contributed by atoms with E-state index in [1.54, 1.807) is 7.05 Å². The molecule has 0 aliphatic carbocycles. The van der Waals surface area contributed by atoms with Crippen LogP contribution < -0.4 is 22.5 Å². The van der Waals surface area contributed by atoms with Gasteiger partial charge in [-0.1, -0.05) is 0 Å². The summed E-state index contributed by atoms with van der Waals surface area (Å²) in [7, 11) is 1.71. The van der Waals surface area contributed by atoms with Crippen molar-refractivity contribution in [2.45, 2.75) is 18.9 Å². The summed E-state index contributed by atoms with van der Waals surface area (Å²) in [5.41, 5.74) is 15.9. The van der Waals surface area contributed by atoms with E-state index in [0.29, 0.717) is 25.9 Å². The normalized spacial score (nSPS) is 12.1. The van der Waals surface area contributed by atoms with Crippen LogP contribution >= 0.6 is 0 Å². The summed E-state index contributed by atoms with van der Waals surface area (Å²) in [4.78, 5) is 15.0. The Hall–Kier alpha value is -1.14. The number of aliphatic imine (C=N–C) groups is 1. The topological polar surface area (TPSA) is 120 Å². The second-order valence-corrected chi connectivity index (χ2v) is 3.05. The summed E-state index contributed by atoms with van der Waals surface area (Å²) < 4.78 is 0. The zero-order valence-corrected chi connectivity index (χ0v) is 8.49. The molecular formula is C8H19N5O. The van der Waals surface area contributed by atoms with Crippen molar-refractivity contribution in [1.82, 2.24) is 5.32 Å². The van der Waals surface area contributed by atoms with Gasteiger partial charge >= 0.3 is 0 Å². The van der Waals surface area contributed by atoms with Crippen molar-refractivity contribution in [3.63, 3.8) is 0 Å². The molecule has 0 aromatic heterocycles. The lowest BCUT2D eigenvalue weighted by Crippen LogP contribution is -2.36. The van der Waals surface area contributed by atoms with Gasteiger partial charge in [0, 0.05) is 6.54 Å². The number of nitrogens with two attached hydrogens (primary N) is 3. The first-order valence-corrected chi connectivity index (χ1v) is 4.56. The summed E-state index contributed by atoms with van der Waals surface area (Å²) in [6, 6.07) is -0.420. The first kappa shape index (κ1) is 12.9. The van der Waals surface area contributed by atoms with Crippen molar-refractivity contribution in [1.29, 1.82) is 0 Å². The van der Waals surface area contributed by atoms with Crippen LogP contribution in [0.15, 0.2) is 4.99 Å². The smallest absolute Gasteiger partial charge is 0.185 e. The van der Waals surface area contributed by atoms with Crippen LogP contribution in [-0.2, 0) is 4.79 Å². The Morgan fingerprint density at radius 1 is 1.50 bits per heavy atom. The molecule has 0 rings (SSSR count). The van der Waals surface area contributed by atoms with Crippen molar-refractivity contribution in [3.8, 4) is 0 Å². The fourth-order valence-corrected chi connectivity index (χ4v) is 0.986. The van der Waals surface area contributed by atoms with Gasteiger partial charge in [-0.05, 0) is 19.9 Å². The SMILES string of the molecule is CNCC(=O)[C@@H](N)CCCN=C(N)N. The highest BCUT2D eigenvalue weighted by molar-refractivity contribution is 5.85. The monoisotopic (exact) mass is 201 g/mol. The van der Waals surface area contributed by atoms with Crippen molar-refractivity contribution >= 4 is 11.7 Å². The number of hydrogen-bond acceptors (Lipinski definition) is 4. The van der Waals surface area contributed by atoms with Crippen LogP contribution in [-0.4, -0.2) is 37.9 Å². The molecule has 1 atom stereocenters. The van der Waals surface area contributed by atoms with Gasteiger partial charge in [0.1, 0.15) is 0 Å². The summed E-state index contributed by atoms with van der Waals surface area (Å²) in [6.07, 6.45) is 1.33. The summed E-state index contributed by atoms with van der Waals surface area (Å²) in [5.74, 6) is 0.0809. The number of guanidine groups is 1. The summed E-state index contributed by atoms with van der Waals surface area (Å²) in [6.45, 7) is 0.826. The number of nitrogens with one attached hydrogen (secondary N) is 1. The minimum absolute atomic E-state index is 0.0113. The molecule has 7 N–H and O–H groups in total. The molecule has 0 saturated carbocycles. The third kappa shape index (κ3) is 6.38. The fraction of sp³-hybridized carbons (Fsp3) is 0.750. The zero-order chi connectivity index (χ0) is 11.0. The van der Waals surface area contributed by atoms with Gasteiger partial charge < -0.3 is 22.5 Å². The molecule has 0 aromatic rings. The molecule has 14 heavy (non-hydrogen) atoms. The van der Waals surface area contributed by atoms with Crippen LogP contribution in [0.25, 0.3) is 0 Å². The predicted octanol–water partition coefficient (Wildman–Crippen LogP) is -1.84. The van der Waals surface area contributed by atoms with E-state index in [9.17, 15) is 4.79 Å². The van der Waals surface area contributed by atoms with Crippen LogP contribution in [0.5, 0.6) is 0 Å². The van der Waals surface area contributed by atoms with Gasteiger partial charge in [0.2, 0.25) is 0 Å². The molecule has 0 heterocycles. The molecule has 0 amide bonds. The molecule has 0 radical (unpaired) electrons. The average Bonchev–Trinajstić information content (AvgIpc) is 2.12. The van der Waals surface area contributed by atoms with Gasteiger partial charge in [-0.3, -0.25) is 9.79 Å². The molecule has 0 spiro atoms. The molecule has 0 aromatic carbocycles. The molecule has 0 saturated heterocycles. The highest BCUT2D eigenvalue weighted by Gasteiger charge is 2.10. The Balaban J connectivity index is 3.58. The van der Waals surface area contributed by atoms with E-state index < -0.39 is 6.04 Å². The number of hydrogen-bond donors (Lipinski definition) is 4. The maximum Gasteiger partial charge on any atom is 0.185 e. The van der Waals surface area contributed by atoms with E-state index in [1.165, 1.54) is 0 Å². The number of nitrogens with zero attached hydrogens (tertiary/aromatic N) is 1. The van der Waals surface area contributed by atoms with Crippen molar-refractivity contribution in [2.75, 3.05) is 20.1 Å². The van der Waals surface area contributed by atoms with Crippen LogP contribution in [0.1, 0.15) is 12.8 Å². The molecule has 0 unspecified atom stereocenters. The largest absolute Gasteiger partial charge is 0.370 e. The van der Waals surface area contributed by atoms with Gasteiger partial charge in [-0.15, -0.1) is 0 Å². The number of rotatable bonds is 7. The third-order valence-electron chi connectivity index (χ3n) is 1.73. The molecule has 0 aliphatic rings. The molecule has 6 heteroatoms.